The van der Waals surface area contributed by atoms with Gasteiger partial charge in [-0.3, -0.25) is 4.99 Å². The molecule has 0 atom stereocenters. The van der Waals surface area contributed by atoms with Crippen molar-refractivity contribution in [2.45, 2.75) is 13.5 Å². The summed E-state index contributed by atoms with van der Waals surface area (Å²) >= 11 is 0. The molecule has 1 aromatic carbocycles. The number of aliphatic imine (C=N–C) groups is 1. The minimum Gasteiger partial charge on any atom is -0.494 e. The molecule has 3 heteroatoms. The summed E-state index contributed by atoms with van der Waals surface area (Å²) in [5, 5.41) is 0. The monoisotopic (exact) mass is 229 g/mol. The highest BCUT2D eigenvalue weighted by Gasteiger charge is 1.93. The van der Waals surface area contributed by atoms with Gasteiger partial charge in [0.25, 0.3) is 0 Å². The summed E-state index contributed by atoms with van der Waals surface area (Å²) in [6.07, 6.45) is 3.49. The summed E-state index contributed by atoms with van der Waals surface area (Å²) < 4.78 is 10.6. The normalized spacial score (nSPS) is 10.9. The van der Waals surface area contributed by atoms with Gasteiger partial charge in [-0.25, -0.2) is 0 Å². The third-order valence-electron chi connectivity index (χ3n) is 2.26. The van der Waals surface area contributed by atoms with Crippen molar-refractivity contribution in [2.75, 3.05) is 6.61 Å². The molecule has 2 aromatic rings. The summed E-state index contributed by atoms with van der Waals surface area (Å²) in [4.78, 5) is 4.30. The lowest BCUT2D eigenvalue weighted by atomic mass is 10.2. The second-order valence-corrected chi connectivity index (χ2v) is 3.55. The van der Waals surface area contributed by atoms with Crippen LogP contribution in [0.15, 0.2) is 52.1 Å². The molecular weight excluding hydrogens is 214 g/mol. The molecule has 0 unspecified atom stereocenters. The fourth-order valence-corrected chi connectivity index (χ4v) is 1.46. The van der Waals surface area contributed by atoms with E-state index in [1.54, 1.807) is 6.26 Å². The van der Waals surface area contributed by atoms with Crippen LogP contribution >= 0.6 is 0 Å². The first-order valence-electron chi connectivity index (χ1n) is 5.63. The molecule has 0 N–H and O–H groups in total. The van der Waals surface area contributed by atoms with Gasteiger partial charge in [0.15, 0.2) is 0 Å². The first-order valence-corrected chi connectivity index (χ1v) is 5.63. The second-order valence-electron chi connectivity index (χ2n) is 3.55. The number of ether oxygens (including phenoxy) is 1. The summed E-state index contributed by atoms with van der Waals surface area (Å²) in [7, 11) is 0. The van der Waals surface area contributed by atoms with Gasteiger partial charge in [0.2, 0.25) is 0 Å². The number of furan rings is 1. The first kappa shape index (κ1) is 11.5. The summed E-state index contributed by atoms with van der Waals surface area (Å²) in [6.45, 7) is 3.23. The van der Waals surface area contributed by atoms with Gasteiger partial charge in [-0.2, -0.15) is 0 Å². The molecule has 0 saturated heterocycles. The Kier molecular flexibility index (Phi) is 3.97. The Morgan fingerprint density at radius 2 is 2.06 bits per heavy atom. The molecule has 0 spiro atoms. The SMILES string of the molecule is CCOc1ccc(C=NCc2ccco2)cc1. The van der Waals surface area contributed by atoms with E-state index in [2.05, 4.69) is 4.99 Å². The minimum atomic E-state index is 0.570. The van der Waals surface area contributed by atoms with E-state index in [0.29, 0.717) is 13.2 Å². The molecule has 88 valence electrons. The van der Waals surface area contributed by atoms with Gasteiger partial charge in [0.1, 0.15) is 11.5 Å². The quantitative estimate of drug-likeness (QED) is 0.737. The van der Waals surface area contributed by atoms with Crippen LogP contribution < -0.4 is 4.74 Å². The molecule has 0 aliphatic rings. The van der Waals surface area contributed by atoms with Crippen molar-refractivity contribution in [3.05, 3.63) is 54.0 Å². The van der Waals surface area contributed by atoms with Gasteiger partial charge >= 0.3 is 0 Å². The van der Waals surface area contributed by atoms with Crippen molar-refractivity contribution in [1.82, 2.24) is 0 Å². The van der Waals surface area contributed by atoms with Crippen molar-refractivity contribution in [1.29, 1.82) is 0 Å². The first-order chi connectivity index (χ1) is 8.38. The molecule has 1 aromatic heterocycles. The zero-order valence-electron chi connectivity index (χ0n) is 9.80. The molecule has 0 amide bonds. The predicted octanol–water partition coefficient (Wildman–Crippen LogP) is 3.30. The predicted molar refractivity (Wildman–Crippen MR) is 67.6 cm³/mol. The minimum absolute atomic E-state index is 0.570. The summed E-state index contributed by atoms with van der Waals surface area (Å²) in [6, 6.07) is 11.6. The van der Waals surface area contributed by atoms with E-state index < -0.39 is 0 Å². The van der Waals surface area contributed by atoms with Crippen LogP contribution in [0.25, 0.3) is 0 Å². The molecule has 0 radical (unpaired) electrons. The molecule has 0 fully saturated rings. The third kappa shape index (κ3) is 3.48. The highest BCUT2D eigenvalue weighted by Crippen LogP contribution is 2.11. The number of benzene rings is 1. The van der Waals surface area contributed by atoms with Crippen LogP contribution in [0, 0.1) is 0 Å². The van der Waals surface area contributed by atoms with E-state index in [1.165, 1.54) is 0 Å². The Bertz CT molecular complexity index is 457. The van der Waals surface area contributed by atoms with Gasteiger partial charge in [0.05, 0.1) is 19.4 Å². The average Bonchev–Trinajstić information content (AvgIpc) is 2.85. The third-order valence-corrected chi connectivity index (χ3v) is 2.26. The number of hydrogen-bond acceptors (Lipinski definition) is 3. The topological polar surface area (TPSA) is 34.7 Å². The lowest BCUT2D eigenvalue weighted by Gasteiger charge is -2.01. The zero-order valence-corrected chi connectivity index (χ0v) is 9.80. The fourth-order valence-electron chi connectivity index (χ4n) is 1.46. The van der Waals surface area contributed by atoms with Gasteiger partial charge in [-0.15, -0.1) is 0 Å². The van der Waals surface area contributed by atoms with E-state index in [-0.39, 0.29) is 0 Å². The fraction of sp³-hybridized carbons (Fsp3) is 0.214. The van der Waals surface area contributed by atoms with Crippen LogP contribution in [0.3, 0.4) is 0 Å². The molecule has 0 bridgehead atoms. The molecule has 1 heterocycles. The molecule has 17 heavy (non-hydrogen) atoms. The van der Waals surface area contributed by atoms with Crippen LogP contribution in [0.1, 0.15) is 18.2 Å². The molecule has 0 aliphatic heterocycles. The Morgan fingerprint density at radius 1 is 1.24 bits per heavy atom. The van der Waals surface area contributed by atoms with Crippen molar-refractivity contribution in [2.24, 2.45) is 4.99 Å². The van der Waals surface area contributed by atoms with Gasteiger partial charge in [-0.1, -0.05) is 0 Å². The van der Waals surface area contributed by atoms with E-state index in [9.17, 15) is 0 Å². The largest absolute Gasteiger partial charge is 0.494 e. The van der Waals surface area contributed by atoms with E-state index in [4.69, 9.17) is 9.15 Å². The number of nitrogens with zero attached hydrogens (tertiary/aromatic N) is 1. The van der Waals surface area contributed by atoms with Crippen LogP contribution in [0.5, 0.6) is 5.75 Å². The van der Waals surface area contributed by atoms with Crippen LogP contribution in [0.2, 0.25) is 0 Å². The van der Waals surface area contributed by atoms with Crippen molar-refractivity contribution < 1.29 is 9.15 Å². The maximum Gasteiger partial charge on any atom is 0.125 e. The second kappa shape index (κ2) is 5.89. The lowest BCUT2D eigenvalue weighted by Crippen LogP contribution is -1.91. The van der Waals surface area contributed by atoms with Crippen LogP contribution in [-0.2, 0) is 6.54 Å². The Balaban J connectivity index is 1.92. The van der Waals surface area contributed by atoms with Crippen molar-refractivity contribution in [3.8, 4) is 5.75 Å². The van der Waals surface area contributed by atoms with Gasteiger partial charge in [-0.05, 0) is 48.9 Å². The van der Waals surface area contributed by atoms with Crippen LogP contribution in [0.4, 0.5) is 0 Å². The van der Waals surface area contributed by atoms with Crippen molar-refractivity contribution >= 4 is 6.21 Å². The van der Waals surface area contributed by atoms with Crippen molar-refractivity contribution in [3.63, 3.8) is 0 Å². The smallest absolute Gasteiger partial charge is 0.125 e. The molecule has 0 saturated carbocycles. The van der Waals surface area contributed by atoms with E-state index >= 15 is 0 Å². The highest BCUT2D eigenvalue weighted by molar-refractivity contribution is 5.79. The summed E-state index contributed by atoms with van der Waals surface area (Å²) in [5.74, 6) is 1.75. The highest BCUT2D eigenvalue weighted by atomic mass is 16.5. The number of hydrogen-bond donors (Lipinski definition) is 0. The molecular formula is C14H15NO2. The molecule has 2 rings (SSSR count). The number of rotatable bonds is 5. The average molecular weight is 229 g/mol. The zero-order chi connectivity index (χ0) is 11.9. The Hall–Kier alpha value is -2.03. The standard InChI is InChI=1S/C14H15NO2/c1-2-16-13-7-5-12(6-8-13)10-15-11-14-4-3-9-17-14/h3-10H,2,11H2,1H3. The molecule has 0 aliphatic carbocycles. The Labute approximate surface area is 101 Å². The maximum absolute atomic E-state index is 5.36. The Morgan fingerprint density at radius 3 is 2.71 bits per heavy atom. The van der Waals surface area contributed by atoms with Crippen LogP contribution in [-0.4, -0.2) is 12.8 Å². The summed E-state index contributed by atoms with van der Waals surface area (Å²) in [5.41, 5.74) is 1.06. The van der Waals surface area contributed by atoms with E-state index in [1.807, 2.05) is 49.5 Å². The van der Waals surface area contributed by atoms with E-state index in [0.717, 1.165) is 17.1 Å². The van der Waals surface area contributed by atoms with Gasteiger partial charge in [0, 0.05) is 6.21 Å². The van der Waals surface area contributed by atoms with Gasteiger partial charge < -0.3 is 9.15 Å². The maximum atomic E-state index is 5.36. The lowest BCUT2D eigenvalue weighted by molar-refractivity contribution is 0.340. The molecule has 3 nitrogen and oxygen atoms in total.